The van der Waals surface area contributed by atoms with Crippen LogP contribution in [-0.2, 0) is 6.54 Å². The number of rotatable bonds is 6. The second-order valence-corrected chi connectivity index (χ2v) is 5.69. The van der Waals surface area contributed by atoms with Gasteiger partial charge < -0.3 is 0 Å². The number of hydrogen-bond acceptors (Lipinski definition) is 2. The van der Waals surface area contributed by atoms with Crippen molar-refractivity contribution in [3.8, 4) is 6.07 Å². The second-order valence-electron chi connectivity index (χ2n) is 4.77. The minimum atomic E-state index is -0.191. The van der Waals surface area contributed by atoms with Gasteiger partial charge in [0.2, 0.25) is 0 Å². The number of halogens is 2. The van der Waals surface area contributed by atoms with Gasteiger partial charge in [-0.2, -0.15) is 5.26 Å². The molecule has 0 saturated heterocycles. The van der Waals surface area contributed by atoms with Crippen LogP contribution >= 0.6 is 15.9 Å². The SMILES string of the molecule is CC(C)CN(CCC#N)Cc1cc(Br)ccc1F. The van der Waals surface area contributed by atoms with Gasteiger partial charge >= 0.3 is 0 Å². The summed E-state index contributed by atoms with van der Waals surface area (Å²) < 4.78 is 14.6. The maximum Gasteiger partial charge on any atom is 0.127 e. The van der Waals surface area contributed by atoms with Crippen molar-refractivity contribution >= 4 is 15.9 Å². The molecule has 0 saturated carbocycles. The monoisotopic (exact) mass is 312 g/mol. The lowest BCUT2D eigenvalue weighted by Crippen LogP contribution is -2.28. The van der Waals surface area contributed by atoms with Gasteiger partial charge in [0.25, 0.3) is 0 Å². The van der Waals surface area contributed by atoms with Crippen LogP contribution in [0.25, 0.3) is 0 Å². The van der Waals surface area contributed by atoms with Crippen LogP contribution in [0.2, 0.25) is 0 Å². The summed E-state index contributed by atoms with van der Waals surface area (Å²) in [6.45, 7) is 6.34. The quantitative estimate of drug-likeness (QED) is 0.795. The molecule has 0 unspecified atom stereocenters. The normalized spacial score (nSPS) is 10.9. The van der Waals surface area contributed by atoms with Gasteiger partial charge in [0.1, 0.15) is 5.82 Å². The van der Waals surface area contributed by atoms with E-state index in [0.717, 1.165) is 11.0 Å². The molecule has 0 fully saturated rings. The number of nitrogens with zero attached hydrogens (tertiary/aromatic N) is 2. The summed E-state index contributed by atoms with van der Waals surface area (Å²) >= 11 is 3.35. The maximum atomic E-state index is 13.7. The van der Waals surface area contributed by atoms with E-state index >= 15 is 0 Å². The average molecular weight is 313 g/mol. The van der Waals surface area contributed by atoms with Crippen LogP contribution in [0.1, 0.15) is 25.8 Å². The van der Waals surface area contributed by atoms with Crippen LogP contribution in [0.5, 0.6) is 0 Å². The lowest BCUT2D eigenvalue weighted by molar-refractivity contribution is 0.238. The summed E-state index contributed by atoms with van der Waals surface area (Å²) in [5.74, 6) is 0.308. The van der Waals surface area contributed by atoms with Crippen molar-refractivity contribution in [3.63, 3.8) is 0 Å². The van der Waals surface area contributed by atoms with Crippen LogP contribution in [0.3, 0.4) is 0 Å². The molecule has 0 atom stereocenters. The minimum Gasteiger partial charge on any atom is -0.298 e. The molecule has 0 spiro atoms. The predicted octanol–water partition coefficient (Wildman–Crippen LogP) is 3.96. The van der Waals surface area contributed by atoms with Gasteiger partial charge in [-0.25, -0.2) is 4.39 Å². The zero-order valence-corrected chi connectivity index (χ0v) is 12.4. The lowest BCUT2D eigenvalue weighted by atomic mass is 10.1. The highest BCUT2D eigenvalue weighted by Crippen LogP contribution is 2.18. The van der Waals surface area contributed by atoms with E-state index in [1.54, 1.807) is 12.1 Å². The van der Waals surface area contributed by atoms with Gasteiger partial charge in [0, 0.05) is 36.1 Å². The Morgan fingerprint density at radius 1 is 1.44 bits per heavy atom. The second kappa shape index (κ2) is 7.50. The fourth-order valence-corrected chi connectivity index (χ4v) is 2.27. The predicted molar refractivity (Wildman–Crippen MR) is 74.4 cm³/mol. The van der Waals surface area contributed by atoms with Crippen LogP contribution in [0, 0.1) is 23.1 Å². The first-order valence-electron chi connectivity index (χ1n) is 6.06. The Morgan fingerprint density at radius 3 is 2.78 bits per heavy atom. The molecule has 18 heavy (non-hydrogen) atoms. The molecule has 0 aliphatic carbocycles. The van der Waals surface area contributed by atoms with Crippen LogP contribution in [0.4, 0.5) is 4.39 Å². The number of nitriles is 1. The molecule has 1 rings (SSSR count). The molecule has 0 N–H and O–H groups in total. The smallest absolute Gasteiger partial charge is 0.127 e. The van der Waals surface area contributed by atoms with E-state index in [1.807, 2.05) is 0 Å². The first-order chi connectivity index (χ1) is 8.52. The highest BCUT2D eigenvalue weighted by atomic mass is 79.9. The maximum absolute atomic E-state index is 13.7. The fraction of sp³-hybridized carbons (Fsp3) is 0.500. The topological polar surface area (TPSA) is 27.0 Å². The van der Waals surface area contributed by atoms with Crippen molar-refractivity contribution < 1.29 is 4.39 Å². The summed E-state index contributed by atoms with van der Waals surface area (Å²) in [6, 6.07) is 7.10. The third-order valence-corrected chi connectivity index (χ3v) is 3.06. The molecule has 0 bridgehead atoms. The Morgan fingerprint density at radius 2 is 2.17 bits per heavy atom. The third kappa shape index (κ3) is 5.16. The number of hydrogen-bond donors (Lipinski definition) is 0. The van der Waals surface area contributed by atoms with Crippen LogP contribution < -0.4 is 0 Å². The molecule has 0 aliphatic heterocycles. The van der Waals surface area contributed by atoms with Crippen molar-refractivity contribution in [2.24, 2.45) is 5.92 Å². The molecular weight excluding hydrogens is 295 g/mol. The molecule has 2 nitrogen and oxygen atoms in total. The first-order valence-corrected chi connectivity index (χ1v) is 6.85. The van der Waals surface area contributed by atoms with Crippen molar-refractivity contribution in [1.29, 1.82) is 5.26 Å². The van der Waals surface area contributed by atoms with Crippen molar-refractivity contribution in [1.82, 2.24) is 4.90 Å². The summed E-state index contributed by atoms with van der Waals surface area (Å²) in [5, 5.41) is 8.66. The van der Waals surface area contributed by atoms with Crippen molar-refractivity contribution in [2.45, 2.75) is 26.8 Å². The molecule has 0 aromatic heterocycles. The summed E-state index contributed by atoms with van der Waals surface area (Å²) in [5.41, 5.74) is 0.669. The molecule has 98 valence electrons. The molecule has 0 radical (unpaired) electrons. The molecule has 1 aromatic carbocycles. The van der Waals surface area contributed by atoms with E-state index in [2.05, 4.69) is 40.7 Å². The van der Waals surface area contributed by atoms with Gasteiger partial charge in [-0.3, -0.25) is 4.90 Å². The number of benzene rings is 1. The Labute approximate surface area is 117 Å². The highest BCUT2D eigenvalue weighted by Gasteiger charge is 2.11. The molecular formula is C14H18BrFN2. The van der Waals surface area contributed by atoms with E-state index in [-0.39, 0.29) is 5.82 Å². The summed E-state index contributed by atoms with van der Waals surface area (Å²) in [4.78, 5) is 2.12. The van der Waals surface area contributed by atoms with Crippen molar-refractivity contribution in [2.75, 3.05) is 13.1 Å². The lowest BCUT2D eigenvalue weighted by Gasteiger charge is -2.23. The standard InChI is InChI=1S/C14H18BrFN2/c1-11(2)9-18(7-3-6-17)10-12-8-13(15)4-5-14(12)16/h4-5,8,11H,3,7,9-10H2,1-2H3. The first kappa shape index (κ1) is 15.1. The molecule has 1 aromatic rings. The molecule has 0 heterocycles. The van der Waals surface area contributed by atoms with E-state index in [0.29, 0.717) is 31.0 Å². The minimum absolute atomic E-state index is 0.191. The van der Waals surface area contributed by atoms with Gasteiger partial charge in [0.15, 0.2) is 0 Å². The van der Waals surface area contributed by atoms with Crippen LogP contribution in [-0.4, -0.2) is 18.0 Å². The molecule has 0 aliphatic rings. The van der Waals surface area contributed by atoms with E-state index < -0.39 is 0 Å². The summed E-state index contributed by atoms with van der Waals surface area (Å²) in [6.07, 6.45) is 0.475. The van der Waals surface area contributed by atoms with Gasteiger partial charge in [0.05, 0.1) is 6.07 Å². The van der Waals surface area contributed by atoms with E-state index in [4.69, 9.17) is 5.26 Å². The zero-order valence-electron chi connectivity index (χ0n) is 10.8. The summed E-state index contributed by atoms with van der Waals surface area (Å²) in [7, 11) is 0. The Kier molecular flexibility index (Phi) is 6.31. The Bertz CT molecular complexity index is 426. The van der Waals surface area contributed by atoms with Gasteiger partial charge in [-0.05, 0) is 24.1 Å². The Balaban J connectivity index is 2.75. The largest absolute Gasteiger partial charge is 0.298 e. The van der Waals surface area contributed by atoms with Gasteiger partial charge in [-0.15, -0.1) is 0 Å². The zero-order chi connectivity index (χ0) is 13.5. The average Bonchev–Trinajstić information content (AvgIpc) is 2.30. The highest BCUT2D eigenvalue weighted by molar-refractivity contribution is 9.10. The fourth-order valence-electron chi connectivity index (χ4n) is 1.86. The third-order valence-electron chi connectivity index (χ3n) is 2.56. The van der Waals surface area contributed by atoms with Crippen LogP contribution in [0.15, 0.2) is 22.7 Å². The molecule has 0 amide bonds. The Hall–Kier alpha value is -0.920. The van der Waals surface area contributed by atoms with E-state index in [9.17, 15) is 4.39 Å². The van der Waals surface area contributed by atoms with Crippen molar-refractivity contribution in [3.05, 3.63) is 34.1 Å². The van der Waals surface area contributed by atoms with Gasteiger partial charge in [-0.1, -0.05) is 29.8 Å². The van der Waals surface area contributed by atoms with E-state index in [1.165, 1.54) is 6.07 Å². The molecule has 4 heteroatoms.